The third-order valence-corrected chi connectivity index (χ3v) is 2.23. The minimum atomic E-state index is 0.0508. The van der Waals surface area contributed by atoms with Crippen molar-refractivity contribution in [3.05, 3.63) is 0 Å². The number of hydrogen-bond acceptors (Lipinski definition) is 2. The number of hydrogen-bond donors (Lipinski definition) is 2. The van der Waals surface area contributed by atoms with Crippen molar-refractivity contribution in [3.63, 3.8) is 0 Å². The van der Waals surface area contributed by atoms with Gasteiger partial charge in [-0.1, -0.05) is 50.9 Å². The summed E-state index contributed by atoms with van der Waals surface area (Å²) in [4.78, 5) is 11.1. The van der Waals surface area contributed by atoms with Crippen LogP contribution in [0.1, 0.15) is 65.7 Å². The Morgan fingerprint density at radius 1 is 1.06 bits per heavy atom. The molecule has 0 atom stereocenters. The molecule has 0 aliphatic rings. The molecule has 0 aromatic rings. The highest BCUT2D eigenvalue weighted by Gasteiger charge is 1.97. The number of carbonyl (C=O) groups is 1. The fourth-order valence-corrected chi connectivity index (χ4v) is 1.26. The summed E-state index contributed by atoms with van der Waals surface area (Å²) >= 11 is 0. The van der Waals surface area contributed by atoms with Crippen LogP contribution in [0, 0.1) is 23.9 Å². The molecule has 0 aliphatic carbocycles. The van der Waals surface area contributed by atoms with E-state index in [9.17, 15) is 4.79 Å². The van der Waals surface area contributed by atoms with E-state index < -0.39 is 0 Å². The molecule has 0 heterocycles. The molecule has 3 nitrogen and oxygen atoms in total. The molecule has 102 valence electrons. The molecule has 0 fully saturated rings. The molecule has 3 N–H and O–H groups in total. The first-order valence-corrected chi connectivity index (χ1v) is 6.55. The third-order valence-electron chi connectivity index (χ3n) is 2.23. The second-order valence-electron chi connectivity index (χ2n) is 3.84. The van der Waals surface area contributed by atoms with Gasteiger partial charge in [0.1, 0.15) is 0 Å². The molecular weight excluding hydrogens is 224 g/mol. The summed E-state index contributed by atoms with van der Waals surface area (Å²) in [5.74, 6) is 5.14. The number of rotatable bonds is 7. The predicted molar refractivity (Wildman–Crippen MR) is 77.2 cm³/mol. The van der Waals surface area contributed by atoms with Crippen molar-refractivity contribution in [1.82, 2.24) is 5.32 Å². The van der Waals surface area contributed by atoms with Gasteiger partial charge in [-0.2, -0.15) is 0 Å². The Kier molecular flexibility index (Phi) is 18.5. The molecule has 1 amide bonds. The molecule has 0 unspecified atom stereocenters. The minimum absolute atomic E-state index is 0.0508. The lowest BCUT2D eigenvalue weighted by molar-refractivity contribution is -0.120. The first-order chi connectivity index (χ1) is 8.72. The fourth-order valence-electron chi connectivity index (χ4n) is 1.26. The maximum atomic E-state index is 11.1. The van der Waals surface area contributed by atoms with Gasteiger partial charge in [0.25, 0.3) is 0 Å². The molecule has 0 radical (unpaired) electrons. The topological polar surface area (TPSA) is 55.1 Å². The number of amides is 1. The maximum Gasteiger partial charge on any atom is 0.231 e. The minimum Gasteiger partial charge on any atom is -0.359 e. The third kappa shape index (κ3) is 19.9. The fraction of sp³-hybridized carbons (Fsp3) is 0.667. The van der Waals surface area contributed by atoms with Crippen LogP contribution in [-0.2, 0) is 4.79 Å². The SMILES string of the molecule is CC#CN.CC#CNC(=O)CCCCCCCC. The van der Waals surface area contributed by atoms with Gasteiger partial charge in [0, 0.05) is 18.5 Å². The predicted octanol–water partition coefficient (Wildman–Crippen LogP) is 2.76. The molecule has 0 saturated heterocycles. The molecule has 0 spiro atoms. The van der Waals surface area contributed by atoms with Gasteiger partial charge in [-0.3, -0.25) is 10.1 Å². The molecular formula is C15H26N2O. The maximum absolute atomic E-state index is 11.1. The molecule has 0 bridgehead atoms. The summed E-state index contributed by atoms with van der Waals surface area (Å²) < 4.78 is 0. The first kappa shape index (κ1) is 18.7. The van der Waals surface area contributed by atoms with Gasteiger partial charge in [0.05, 0.1) is 0 Å². The molecule has 0 aromatic carbocycles. The molecule has 0 aliphatic heterocycles. The number of unbranched alkanes of at least 4 members (excludes halogenated alkanes) is 5. The van der Waals surface area contributed by atoms with Gasteiger partial charge in [-0.15, -0.1) is 0 Å². The van der Waals surface area contributed by atoms with Crippen molar-refractivity contribution in [2.45, 2.75) is 65.7 Å². The lowest BCUT2D eigenvalue weighted by atomic mass is 10.1. The standard InChI is InChI=1S/C12H21NO.C3H5N/c1-3-5-6-7-8-9-10-12(14)13-11-4-2;1-2-3-4/h3,5-10H2,1-2H3,(H,13,14);4H2,1H3. The average molecular weight is 250 g/mol. The summed E-state index contributed by atoms with van der Waals surface area (Å²) in [5, 5.41) is 2.53. The number of nitrogens with one attached hydrogen (secondary N) is 1. The Morgan fingerprint density at radius 2 is 1.61 bits per heavy atom. The van der Waals surface area contributed by atoms with Crippen molar-refractivity contribution in [2.24, 2.45) is 5.73 Å². The lowest BCUT2D eigenvalue weighted by Crippen LogP contribution is -2.16. The van der Waals surface area contributed by atoms with Crippen LogP contribution in [0.4, 0.5) is 0 Å². The van der Waals surface area contributed by atoms with Gasteiger partial charge in [-0.05, 0) is 20.3 Å². The highest BCUT2D eigenvalue weighted by atomic mass is 16.1. The van der Waals surface area contributed by atoms with E-state index in [0.29, 0.717) is 6.42 Å². The Labute approximate surface area is 112 Å². The van der Waals surface area contributed by atoms with E-state index >= 15 is 0 Å². The van der Waals surface area contributed by atoms with E-state index in [4.69, 9.17) is 0 Å². The van der Waals surface area contributed by atoms with Crippen molar-refractivity contribution < 1.29 is 4.79 Å². The van der Waals surface area contributed by atoms with E-state index in [1.54, 1.807) is 13.8 Å². The molecule has 0 saturated carbocycles. The van der Waals surface area contributed by atoms with Crippen LogP contribution in [0.15, 0.2) is 0 Å². The first-order valence-electron chi connectivity index (χ1n) is 6.55. The summed E-state index contributed by atoms with van der Waals surface area (Å²) in [5.41, 5.74) is 4.67. The summed E-state index contributed by atoms with van der Waals surface area (Å²) in [7, 11) is 0. The zero-order valence-corrected chi connectivity index (χ0v) is 11.9. The summed E-state index contributed by atoms with van der Waals surface area (Å²) in [6.45, 7) is 5.61. The summed E-state index contributed by atoms with van der Waals surface area (Å²) in [6.07, 6.45) is 7.89. The van der Waals surface area contributed by atoms with Crippen LogP contribution >= 0.6 is 0 Å². The zero-order chi connectivity index (χ0) is 14.1. The van der Waals surface area contributed by atoms with Gasteiger partial charge < -0.3 is 5.73 Å². The number of nitrogens with two attached hydrogens (primary N) is 1. The second kappa shape index (κ2) is 17.8. The highest BCUT2D eigenvalue weighted by molar-refractivity contribution is 5.77. The normalized spacial score (nSPS) is 7.72. The Morgan fingerprint density at radius 3 is 2.11 bits per heavy atom. The van der Waals surface area contributed by atoms with Crippen LogP contribution in [0.25, 0.3) is 0 Å². The quantitative estimate of drug-likeness (QED) is 0.415. The second-order valence-corrected chi connectivity index (χ2v) is 3.84. The van der Waals surface area contributed by atoms with Gasteiger partial charge in [0.15, 0.2) is 0 Å². The van der Waals surface area contributed by atoms with E-state index in [2.05, 4.69) is 41.9 Å². The van der Waals surface area contributed by atoms with Crippen molar-refractivity contribution >= 4 is 5.91 Å². The van der Waals surface area contributed by atoms with Crippen LogP contribution in [-0.4, -0.2) is 5.91 Å². The van der Waals surface area contributed by atoms with Crippen LogP contribution in [0.5, 0.6) is 0 Å². The van der Waals surface area contributed by atoms with Crippen LogP contribution in [0.3, 0.4) is 0 Å². The van der Waals surface area contributed by atoms with E-state index in [1.165, 1.54) is 25.7 Å². The van der Waals surface area contributed by atoms with Gasteiger partial charge in [-0.25, -0.2) is 0 Å². The molecule has 3 heteroatoms. The number of carbonyl (C=O) groups excluding carboxylic acids is 1. The highest BCUT2D eigenvalue weighted by Crippen LogP contribution is 2.06. The van der Waals surface area contributed by atoms with Gasteiger partial charge in [0.2, 0.25) is 5.91 Å². The van der Waals surface area contributed by atoms with E-state index in [0.717, 1.165) is 12.8 Å². The van der Waals surface area contributed by atoms with Crippen molar-refractivity contribution in [1.29, 1.82) is 0 Å². The monoisotopic (exact) mass is 250 g/mol. The largest absolute Gasteiger partial charge is 0.359 e. The van der Waals surface area contributed by atoms with E-state index in [1.807, 2.05) is 0 Å². The Bertz CT molecular complexity index is 296. The Balaban J connectivity index is 0. The zero-order valence-electron chi connectivity index (χ0n) is 11.9. The van der Waals surface area contributed by atoms with Crippen LogP contribution < -0.4 is 11.1 Å². The summed E-state index contributed by atoms with van der Waals surface area (Å²) in [6, 6.07) is 4.74. The molecule has 0 aromatic heterocycles. The van der Waals surface area contributed by atoms with Gasteiger partial charge >= 0.3 is 0 Å². The smallest absolute Gasteiger partial charge is 0.231 e. The van der Waals surface area contributed by atoms with Crippen molar-refractivity contribution in [2.75, 3.05) is 0 Å². The van der Waals surface area contributed by atoms with Crippen molar-refractivity contribution in [3.8, 4) is 23.9 Å². The Hall–Kier alpha value is -1.61. The lowest BCUT2D eigenvalue weighted by Gasteiger charge is -1.99. The van der Waals surface area contributed by atoms with E-state index in [-0.39, 0.29) is 5.91 Å². The van der Waals surface area contributed by atoms with Crippen LogP contribution in [0.2, 0.25) is 0 Å². The molecule has 0 rings (SSSR count). The molecule has 18 heavy (non-hydrogen) atoms. The average Bonchev–Trinajstić information content (AvgIpc) is 2.40.